The summed E-state index contributed by atoms with van der Waals surface area (Å²) in [7, 11) is -0.555. The molecule has 0 aliphatic heterocycles. The summed E-state index contributed by atoms with van der Waals surface area (Å²) in [6, 6.07) is 9.37. The number of hydrogen-bond donors (Lipinski definition) is 1. The number of hydrogen-bond acceptors (Lipinski definition) is 6. The lowest BCUT2D eigenvalue weighted by Gasteiger charge is -2.23. The Morgan fingerprint density at radius 2 is 1.96 bits per heavy atom. The first-order valence-electron chi connectivity index (χ1n) is 7.93. The summed E-state index contributed by atoms with van der Waals surface area (Å²) in [5, 5.41) is 9.22. The molecule has 26 heavy (non-hydrogen) atoms. The number of ether oxygens (including phenoxy) is 1. The van der Waals surface area contributed by atoms with Gasteiger partial charge in [0.25, 0.3) is 10.2 Å². The quantitative estimate of drug-likeness (QED) is 0.617. The van der Waals surface area contributed by atoms with Crippen molar-refractivity contribution in [2.75, 3.05) is 31.0 Å². The molecule has 0 atom stereocenters. The molecule has 9 nitrogen and oxygen atoms in total. The van der Waals surface area contributed by atoms with Gasteiger partial charge in [0.05, 0.1) is 18.4 Å². The monoisotopic (exact) mass is 381 g/mol. The third kappa shape index (κ3) is 6.14. The van der Waals surface area contributed by atoms with Crippen LogP contribution in [0.1, 0.15) is 5.56 Å². The minimum absolute atomic E-state index is 0.0400. The van der Waals surface area contributed by atoms with Crippen molar-refractivity contribution >= 4 is 21.9 Å². The van der Waals surface area contributed by atoms with Gasteiger partial charge in [-0.1, -0.05) is 30.3 Å². The molecule has 0 fully saturated rings. The van der Waals surface area contributed by atoms with Gasteiger partial charge in [-0.05, 0) is 12.6 Å². The molecule has 0 aliphatic carbocycles. The van der Waals surface area contributed by atoms with E-state index in [1.165, 1.54) is 10.9 Å². The Hall–Kier alpha value is -2.43. The average molecular weight is 381 g/mol. The number of aromatic nitrogens is 2. The predicted octanol–water partition coefficient (Wildman–Crippen LogP) is 0.105. The van der Waals surface area contributed by atoms with Crippen LogP contribution in [0.5, 0.6) is 0 Å². The van der Waals surface area contributed by atoms with Gasteiger partial charge in [-0.3, -0.25) is 18.7 Å². The van der Waals surface area contributed by atoms with Crippen LogP contribution in [0.3, 0.4) is 0 Å². The first-order valence-corrected chi connectivity index (χ1v) is 9.43. The van der Waals surface area contributed by atoms with Crippen LogP contribution < -0.4 is 9.44 Å². The summed E-state index contributed by atoms with van der Waals surface area (Å²) in [5.41, 5.74) is 1.27. The van der Waals surface area contributed by atoms with Crippen LogP contribution in [0, 0.1) is 0 Å². The first-order chi connectivity index (χ1) is 12.3. The fourth-order valence-corrected chi connectivity index (χ4v) is 3.01. The van der Waals surface area contributed by atoms with Crippen LogP contribution in [0.4, 0.5) is 5.69 Å². The summed E-state index contributed by atoms with van der Waals surface area (Å²) >= 11 is 0. The smallest absolute Gasteiger partial charge is 0.320 e. The van der Waals surface area contributed by atoms with Crippen LogP contribution in [0.2, 0.25) is 0 Å². The highest BCUT2D eigenvalue weighted by Gasteiger charge is 2.20. The molecule has 0 amide bonds. The zero-order valence-electron chi connectivity index (χ0n) is 14.8. The van der Waals surface area contributed by atoms with Crippen molar-refractivity contribution in [2.45, 2.75) is 6.61 Å². The molecule has 0 spiro atoms. The molecule has 2 aromatic rings. The number of aryl methyl sites for hydroxylation is 1. The molecular formula is C16H23N5O4S. The minimum Gasteiger partial charge on any atom is -0.460 e. The molecule has 1 aromatic carbocycles. The largest absolute Gasteiger partial charge is 0.460 e. The third-order valence-electron chi connectivity index (χ3n) is 3.61. The first kappa shape index (κ1) is 19.9. The van der Waals surface area contributed by atoms with E-state index < -0.39 is 10.2 Å². The molecule has 10 heteroatoms. The highest BCUT2D eigenvalue weighted by Crippen LogP contribution is 2.14. The van der Waals surface area contributed by atoms with Crippen LogP contribution in [0.25, 0.3) is 0 Å². The molecule has 0 radical (unpaired) electrons. The van der Waals surface area contributed by atoms with Crippen molar-refractivity contribution in [3.63, 3.8) is 0 Å². The van der Waals surface area contributed by atoms with E-state index in [0.29, 0.717) is 12.2 Å². The minimum atomic E-state index is -3.94. The number of esters is 1. The van der Waals surface area contributed by atoms with Crippen molar-refractivity contribution in [2.24, 2.45) is 12.2 Å². The molecule has 142 valence electrons. The maximum Gasteiger partial charge on any atom is 0.320 e. The summed E-state index contributed by atoms with van der Waals surface area (Å²) in [6.07, 6.45) is 2.97. The van der Waals surface area contributed by atoms with Crippen molar-refractivity contribution in [1.82, 2.24) is 14.7 Å². The Labute approximate surface area is 153 Å². The van der Waals surface area contributed by atoms with E-state index in [0.717, 1.165) is 9.87 Å². The summed E-state index contributed by atoms with van der Waals surface area (Å²) in [6.45, 7) is 0.629. The zero-order valence-corrected chi connectivity index (χ0v) is 15.6. The second-order valence-electron chi connectivity index (χ2n) is 5.87. The van der Waals surface area contributed by atoms with Crippen LogP contribution in [-0.2, 0) is 33.4 Å². The van der Waals surface area contributed by atoms with Gasteiger partial charge >= 0.3 is 5.97 Å². The SMILES string of the molecule is CN(CCN(c1cnn(C)c1)S(N)(=O)=O)CC(=O)OCc1ccccc1. The topological polar surface area (TPSA) is 111 Å². The van der Waals surface area contributed by atoms with Crippen molar-refractivity contribution in [3.05, 3.63) is 48.3 Å². The molecule has 0 bridgehead atoms. The Morgan fingerprint density at radius 1 is 1.27 bits per heavy atom. The number of nitrogens with zero attached hydrogens (tertiary/aromatic N) is 4. The molecule has 0 saturated heterocycles. The normalized spacial score (nSPS) is 11.5. The summed E-state index contributed by atoms with van der Waals surface area (Å²) in [4.78, 5) is 13.6. The van der Waals surface area contributed by atoms with Gasteiger partial charge in [0.2, 0.25) is 0 Å². The van der Waals surface area contributed by atoms with Gasteiger partial charge in [-0.25, -0.2) is 5.14 Å². The van der Waals surface area contributed by atoms with Gasteiger partial charge in [0, 0.05) is 26.3 Å². The standard InChI is InChI=1S/C16H23N5O4S/c1-19(12-16(22)25-13-14-6-4-3-5-7-14)8-9-21(26(17,23)24)15-10-18-20(2)11-15/h3-7,10-11H,8-9,12-13H2,1-2H3,(H2,17,23,24). The van der Waals surface area contributed by atoms with Gasteiger partial charge in [-0.2, -0.15) is 13.5 Å². The van der Waals surface area contributed by atoms with E-state index in [-0.39, 0.29) is 25.7 Å². The Kier molecular flexibility index (Phi) is 6.72. The zero-order chi connectivity index (χ0) is 19.2. The fourth-order valence-electron chi connectivity index (χ4n) is 2.29. The third-order valence-corrected chi connectivity index (χ3v) is 4.62. The number of rotatable bonds is 9. The van der Waals surface area contributed by atoms with Gasteiger partial charge < -0.3 is 4.74 Å². The molecule has 0 saturated carbocycles. The van der Waals surface area contributed by atoms with E-state index in [1.807, 2.05) is 30.3 Å². The van der Waals surface area contributed by atoms with E-state index in [1.54, 1.807) is 25.2 Å². The lowest BCUT2D eigenvalue weighted by Crippen LogP contribution is -2.42. The number of anilines is 1. The maximum absolute atomic E-state index is 11.9. The highest BCUT2D eigenvalue weighted by atomic mass is 32.2. The highest BCUT2D eigenvalue weighted by molar-refractivity contribution is 7.90. The lowest BCUT2D eigenvalue weighted by atomic mass is 10.2. The van der Waals surface area contributed by atoms with Crippen LogP contribution in [0.15, 0.2) is 42.7 Å². The lowest BCUT2D eigenvalue weighted by molar-refractivity contribution is -0.145. The predicted molar refractivity (Wildman–Crippen MR) is 97.4 cm³/mol. The van der Waals surface area contributed by atoms with Crippen LogP contribution >= 0.6 is 0 Å². The molecule has 2 N–H and O–H groups in total. The fraction of sp³-hybridized carbons (Fsp3) is 0.375. The molecule has 0 unspecified atom stereocenters. The second-order valence-corrected chi connectivity index (χ2v) is 7.34. The number of benzene rings is 1. The number of nitrogens with two attached hydrogens (primary N) is 1. The van der Waals surface area contributed by atoms with Gasteiger partial charge in [0.15, 0.2) is 0 Å². The summed E-state index contributed by atoms with van der Waals surface area (Å²) in [5.74, 6) is -0.389. The van der Waals surface area contributed by atoms with E-state index in [4.69, 9.17) is 9.88 Å². The Morgan fingerprint density at radius 3 is 2.54 bits per heavy atom. The molecular weight excluding hydrogens is 358 g/mol. The van der Waals surface area contributed by atoms with E-state index in [9.17, 15) is 13.2 Å². The van der Waals surface area contributed by atoms with Gasteiger partial charge in [-0.15, -0.1) is 0 Å². The molecule has 1 heterocycles. The number of carbonyl (C=O) groups is 1. The number of likely N-dealkylation sites (N-methyl/N-ethyl adjacent to an activating group) is 1. The second kappa shape index (κ2) is 8.79. The molecule has 0 aliphatic rings. The van der Waals surface area contributed by atoms with E-state index >= 15 is 0 Å². The van der Waals surface area contributed by atoms with Crippen molar-refractivity contribution < 1.29 is 17.9 Å². The Bertz CT molecular complexity index is 822. The van der Waals surface area contributed by atoms with Gasteiger partial charge in [0.1, 0.15) is 6.61 Å². The molecule has 2 rings (SSSR count). The van der Waals surface area contributed by atoms with Crippen LogP contribution in [-0.4, -0.2) is 55.7 Å². The molecule has 1 aromatic heterocycles. The average Bonchev–Trinajstić information content (AvgIpc) is 2.99. The van der Waals surface area contributed by atoms with Crippen molar-refractivity contribution in [1.29, 1.82) is 0 Å². The summed E-state index contributed by atoms with van der Waals surface area (Å²) < 4.78 is 31.3. The van der Waals surface area contributed by atoms with E-state index in [2.05, 4.69) is 5.10 Å². The number of carbonyl (C=O) groups excluding carboxylic acids is 1. The maximum atomic E-state index is 11.9. The Balaban J connectivity index is 1.84. The van der Waals surface area contributed by atoms with Crippen molar-refractivity contribution in [3.8, 4) is 0 Å².